The predicted octanol–water partition coefficient (Wildman–Crippen LogP) is 1.95. The fourth-order valence-electron chi connectivity index (χ4n) is 1.81. The first-order chi connectivity index (χ1) is 9.74. The van der Waals surface area contributed by atoms with Gasteiger partial charge in [-0.25, -0.2) is 9.78 Å². The molecule has 0 spiro atoms. The Morgan fingerprint density at radius 3 is 2.75 bits per heavy atom. The van der Waals surface area contributed by atoms with Crippen molar-refractivity contribution in [2.75, 3.05) is 7.11 Å². The Morgan fingerprint density at radius 1 is 1.35 bits per heavy atom. The fourth-order valence-corrected chi connectivity index (χ4v) is 1.81. The lowest BCUT2D eigenvalue weighted by molar-refractivity contribution is -0.136. The van der Waals surface area contributed by atoms with E-state index in [1.54, 1.807) is 16.8 Å². The van der Waals surface area contributed by atoms with Crippen molar-refractivity contribution in [1.82, 2.24) is 9.55 Å². The quantitative estimate of drug-likeness (QED) is 0.473. The molecule has 102 valence electrons. The van der Waals surface area contributed by atoms with Crippen LogP contribution >= 0.6 is 0 Å². The number of carbonyl (C=O) groups excluding carboxylic acids is 2. The minimum absolute atomic E-state index is 0.232. The van der Waals surface area contributed by atoms with Gasteiger partial charge in [0.15, 0.2) is 12.1 Å². The minimum atomic E-state index is -0.431. The second kappa shape index (κ2) is 6.47. The van der Waals surface area contributed by atoms with Crippen LogP contribution in [-0.4, -0.2) is 28.9 Å². The number of methoxy groups -OCH3 is 1. The number of benzene rings is 1. The monoisotopic (exact) mass is 270 g/mol. The number of hydrogen-bond donors (Lipinski definition) is 0. The first kappa shape index (κ1) is 13.7. The van der Waals surface area contributed by atoms with Gasteiger partial charge < -0.3 is 9.30 Å². The topological polar surface area (TPSA) is 61.2 Å². The van der Waals surface area contributed by atoms with Crippen molar-refractivity contribution in [2.45, 2.75) is 6.54 Å². The Morgan fingerprint density at radius 2 is 2.10 bits per heavy atom. The Bertz CT molecular complexity index is 630. The summed E-state index contributed by atoms with van der Waals surface area (Å²) < 4.78 is 6.37. The summed E-state index contributed by atoms with van der Waals surface area (Å²) in [5.74, 6) is -0.160. The number of hydrogen-bond acceptors (Lipinski definition) is 4. The molecule has 1 aromatic heterocycles. The van der Waals surface area contributed by atoms with Gasteiger partial charge in [-0.2, -0.15) is 0 Å². The van der Waals surface area contributed by atoms with Crippen molar-refractivity contribution in [1.29, 1.82) is 0 Å². The molecule has 0 atom stereocenters. The van der Waals surface area contributed by atoms with E-state index in [4.69, 9.17) is 4.74 Å². The molecule has 1 heterocycles. The molecule has 0 N–H and O–H groups in total. The number of imidazole rings is 1. The molecule has 0 saturated heterocycles. The highest BCUT2D eigenvalue weighted by molar-refractivity contribution is 5.93. The van der Waals surface area contributed by atoms with E-state index >= 15 is 0 Å². The lowest BCUT2D eigenvalue weighted by Gasteiger charge is -2.08. The lowest BCUT2D eigenvalue weighted by Crippen LogP contribution is -2.13. The Kier molecular flexibility index (Phi) is 4.44. The van der Waals surface area contributed by atoms with Crippen LogP contribution in [0.25, 0.3) is 6.08 Å². The van der Waals surface area contributed by atoms with Crippen molar-refractivity contribution < 1.29 is 14.3 Å². The van der Waals surface area contributed by atoms with Gasteiger partial charge in [0, 0.05) is 12.4 Å². The van der Waals surface area contributed by atoms with Crippen molar-refractivity contribution in [2.24, 2.45) is 0 Å². The molecule has 2 aromatic rings. The zero-order valence-electron chi connectivity index (χ0n) is 11.0. The van der Waals surface area contributed by atoms with Crippen LogP contribution in [-0.2, 0) is 16.1 Å². The summed E-state index contributed by atoms with van der Waals surface area (Å²) >= 11 is 0. The van der Waals surface area contributed by atoms with Crippen LogP contribution < -0.4 is 0 Å². The zero-order chi connectivity index (χ0) is 14.4. The summed E-state index contributed by atoms with van der Waals surface area (Å²) in [6, 6.07) is 9.44. The molecular weight excluding hydrogens is 256 g/mol. The van der Waals surface area contributed by atoms with Crippen molar-refractivity contribution >= 4 is 18.3 Å². The molecule has 0 aliphatic carbocycles. The van der Waals surface area contributed by atoms with Crippen molar-refractivity contribution in [3.63, 3.8) is 0 Å². The van der Waals surface area contributed by atoms with E-state index in [0.29, 0.717) is 11.9 Å². The standard InChI is InChI=1S/C15H14N2O3/c1-20-15(19)13(9-12-5-3-2-4-6-12)10-17-8-7-16-14(17)11-18/h2-9,11H,10H2,1H3/b13-9+. The van der Waals surface area contributed by atoms with Gasteiger partial charge in [-0.1, -0.05) is 30.3 Å². The maximum atomic E-state index is 11.8. The van der Waals surface area contributed by atoms with E-state index in [1.165, 1.54) is 13.3 Å². The van der Waals surface area contributed by atoms with Crippen LogP contribution in [0.3, 0.4) is 0 Å². The van der Waals surface area contributed by atoms with Crippen LogP contribution in [0, 0.1) is 0 Å². The molecule has 0 radical (unpaired) electrons. The van der Waals surface area contributed by atoms with Crippen molar-refractivity contribution in [3.05, 3.63) is 59.7 Å². The van der Waals surface area contributed by atoms with Crippen LogP contribution in [0.2, 0.25) is 0 Å². The number of ether oxygens (including phenoxy) is 1. The molecule has 5 nitrogen and oxygen atoms in total. The first-order valence-corrected chi connectivity index (χ1v) is 6.05. The fraction of sp³-hybridized carbons (Fsp3) is 0.133. The molecule has 0 bridgehead atoms. The molecular formula is C15H14N2O3. The van der Waals surface area contributed by atoms with E-state index in [9.17, 15) is 9.59 Å². The highest BCUT2D eigenvalue weighted by Crippen LogP contribution is 2.11. The second-order valence-electron chi connectivity index (χ2n) is 4.10. The largest absolute Gasteiger partial charge is 0.466 e. The average molecular weight is 270 g/mol. The van der Waals surface area contributed by atoms with Gasteiger partial charge in [0.2, 0.25) is 0 Å². The molecule has 0 fully saturated rings. The van der Waals surface area contributed by atoms with Gasteiger partial charge in [-0.15, -0.1) is 0 Å². The van der Waals surface area contributed by atoms with Crippen LogP contribution in [0.5, 0.6) is 0 Å². The molecule has 0 saturated carbocycles. The van der Waals surface area contributed by atoms with E-state index < -0.39 is 5.97 Å². The summed E-state index contributed by atoms with van der Waals surface area (Å²) in [6.07, 6.45) is 5.55. The second-order valence-corrected chi connectivity index (χ2v) is 4.10. The molecule has 0 aliphatic rings. The summed E-state index contributed by atoms with van der Waals surface area (Å²) in [5.41, 5.74) is 1.33. The smallest absolute Gasteiger partial charge is 0.335 e. The highest BCUT2D eigenvalue weighted by atomic mass is 16.5. The number of aromatic nitrogens is 2. The Hall–Kier alpha value is -2.69. The van der Waals surface area contributed by atoms with E-state index in [1.807, 2.05) is 30.3 Å². The number of carbonyl (C=O) groups is 2. The molecule has 2 rings (SSSR count). The third kappa shape index (κ3) is 3.20. The van der Waals surface area contributed by atoms with Gasteiger partial charge in [0.1, 0.15) is 0 Å². The van der Waals surface area contributed by atoms with E-state index in [-0.39, 0.29) is 12.4 Å². The Balaban J connectivity index is 2.32. The van der Waals surface area contributed by atoms with Crippen LogP contribution in [0.1, 0.15) is 16.2 Å². The van der Waals surface area contributed by atoms with E-state index in [0.717, 1.165) is 5.56 Å². The SMILES string of the molecule is COC(=O)/C(=C/c1ccccc1)Cn1ccnc1C=O. The number of esters is 1. The van der Waals surface area contributed by atoms with Gasteiger partial charge >= 0.3 is 5.97 Å². The van der Waals surface area contributed by atoms with Gasteiger partial charge in [-0.05, 0) is 11.6 Å². The van der Waals surface area contributed by atoms with E-state index in [2.05, 4.69) is 4.98 Å². The Labute approximate surface area is 116 Å². The highest BCUT2D eigenvalue weighted by Gasteiger charge is 2.12. The van der Waals surface area contributed by atoms with Gasteiger partial charge in [0.25, 0.3) is 0 Å². The number of aldehydes is 1. The zero-order valence-corrected chi connectivity index (χ0v) is 11.0. The molecule has 1 aromatic carbocycles. The molecule has 20 heavy (non-hydrogen) atoms. The summed E-state index contributed by atoms with van der Waals surface area (Å²) in [6.45, 7) is 0.232. The molecule has 0 amide bonds. The average Bonchev–Trinajstić information content (AvgIpc) is 2.94. The van der Waals surface area contributed by atoms with Gasteiger partial charge in [-0.3, -0.25) is 4.79 Å². The third-order valence-corrected chi connectivity index (χ3v) is 2.78. The predicted molar refractivity (Wildman–Crippen MR) is 74.0 cm³/mol. The van der Waals surface area contributed by atoms with Crippen LogP contribution in [0.15, 0.2) is 48.3 Å². The summed E-state index contributed by atoms with van der Waals surface area (Å²) in [7, 11) is 1.33. The summed E-state index contributed by atoms with van der Waals surface area (Å²) in [5, 5.41) is 0. The number of rotatable bonds is 5. The van der Waals surface area contributed by atoms with Crippen LogP contribution in [0.4, 0.5) is 0 Å². The third-order valence-electron chi connectivity index (χ3n) is 2.78. The minimum Gasteiger partial charge on any atom is -0.466 e. The molecule has 0 unspecified atom stereocenters. The lowest BCUT2D eigenvalue weighted by atomic mass is 10.1. The first-order valence-electron chi connectivity index (χ1n) is 6.05. The maximum Gasteiger partial charge on any atom is 0.335 e. The molecule has 5 heteroatoms. The maximum absolute atomic E-state index is 11.8. The summed E-state index contributed by atoms with van der Waals surface area (Å²) in [4.78, 5) is 26.6. The number of nitrogens with zero attached hydrogens (tertiary/aromatic N) is 2. The normalized spacial score (nSPS) is 11.2. The van der Waals surface area contributed by atoms with Gasteiger partial charge in [0.05, 0.1) is 19.2 Å². The molecule has 0 aliphatic heterocycles. The van der Waals surface area contributed by atoms with Crippen molar-refractivity contribution in [3.8, 4) is 0 Å².